The summed E-state index contributed by atoms with van der Waals surface area (Å²) in [5, 5.41) is 0. The SMILES string of the molecule is CN1CC(F)C(OCc2nc3ccc(F)cc3[nH]2)C1. The first-order chi connectivity index (χ1) is 9.11. The molecular formula is C13H15F2N3O. The van der Waals surface area contributed by atoms with Crippen molar-refractivity contribution in [2.75, 3.05) is 20.1 Å². The second-order valence-corrected chi connectivity index (χ2v) is 4.93. The fourth-order valence-electron chi connectivity index (χ4n) is 2.36. The van der Waals surface area contributed by atoms with Gasteiger partial charge in [-0.1, -0.05) is 0 Å². The van der Waals surface area contributed by atoms with Crippen molar-refractivity contribution in [3.63, 3.8) is 0 Å². The van der Waals surface area contributed by atoms with Crippen LogP contribution in [0.4, 0.5) is 8.78 Å². The van der Waals surface area contributed by atoms with Crippen LogP contribution in [0.3, 0.4) is 0 Å². The lowest BCUT2D eigenvalue weighted by atomic mass is 10.3. The third-order valence-corrected chi connectivity index (χ3v) is 3.31. The standard InChI is InChI=1S/C13H15F2N3O/c1-18-5-9(15)12(6-18)19-7-13-16-10-3-2-8(14)4-11(10)17-13/h2-4,9,12H,5-7H2,1H3,(H,16,17). The zero-order valence-corrected chi connectivity index (χ0v) is 10.6. The predicted molar refractivity (Wildman–Crippen MR) is 67.0 cm³/mol. The first-order valence-corrected chi connectivity index (χ1v) is 6.20. The lowest BCUT2D eigenvalue weighted by molar-refractivity contribution is 0.00930. The van der Waals surface area contributed by atoms with Crippen LogP contribution < -0.4 is 0 Å². The Labute approximate surface area is 109 Å². The van der Waals surface area contributed by atoms with Crippen LogP contribution in [0.25, 0.3) is 11.0 Å². The Balaban J connectivity index is 1.68. The molecule has 3 rings (SSSR count). The van der Waals surface area contributed by atoms with Crippen LogP contribution in [0.15, 0.2) is 18.2 Å². The van der Waals surface area contributed by atoms with Gasteiger partial charge in [0.25, 0.3) is 0 Å². The summed E-state index contributed by atoms with van der Waals surface area (Å²) in [6.45, 7) is 1.18. The van der Waals surface area contributed by atoms with E-state index in [0.717, 1.165) is 0 Å². The van der Waals surface area contributed by atoms with Gasteiger partial charge in [-0.3, -0.25) is 0 Å². The number of halogens is 2. The summed E-state index contributed by atoms with van der Waals surface area (Å²) in [5.74, 6) is 0.271. The van der Waals surface area contributed by atoms with Crippen molar-refractivity contribution in [3.05, 3.63) is 29.8 Å². The molecule has 0 amide bonds. The quantitative estimate of drug-likeness (QED) is 0.923. The Hall–Kier alpha value is -1.53. The van der Waals surface area contributed by atoms with E-state index < -0.39 is 12.3 Å². The number of aromatic nitrogens is 2. The number of fused-ring (bicyclic) bond motifs is 1. The van der Waals surface area contributed by atoms with Gasteiger partial charge < -0.3 is 14.6 Å². The number of likely N-dealkylation sites (N-methyl/N-ethyl adjacent to an activating group) is 1. The van der Waals surface area contributed by atoms with Crippen LogP contribution in [0.2, 0.25) is 0 Å². The number of ether oxygens (including phenoxy) is 1. The summed E-state index contributed by atoms with van der Waals surface area (Å²) in [7, 11) is 1.86. The Morgan fingerprint density at radius 2 is 2.32 bits per heavy atom. The molecule has 0 radical (unpaired) electrons. The number of benzene rings is 1. The third kappa shape index (κ3) is 2.59. The molecule has 1 aliphatic heterocycles. The number of alkyl halides is 1. The highest BCUT2D eigenvalue weighted by Gasteiger charge is 2.31. The Morgan fingerprint density at radius 3 is 3.05 bits per heavy atom. The fraction of sp³-hybridized carbons (Fsp3) is 0.462. The zero-order valence-electron chi connectivity index (χ0n) is 10.6. The Morgan fingerprint density at radius 1 is 1.47 bits per heavy atom. The molecule has 2 heterocycles. The Bertz CT molecular complexity index is 586. The number of likely N-dealkylation sites (tertiary alicyclic amines) is 1. The predicted octanol–water partition coefficient (Wildman–Crippen LogP) is 1.87. The molecule has 4 nitrogen and oxygen atoms in total. The van der Waals surface area contributed by atoms with Crippen molar-refractivity contribution in [2.24, 2.45) is 0 Å². The number of nitrogens with one attached hydrogen (secondary N) is 1. The number of rotatable bonds is 3. The minimum atomic E-state index is -0.966. The van der Waals surface area contributed by atoms with Crippen molar-refractivity contribution in [2.45, 2.75) is 18.9 Å². The second kappa shape index (κ2) is 4.86. The highest BCUT2D eigenvalue weighted by atomic mass is 19.1. The van der Waals surface area contributed by atoms with Gasteiger partial charge in [0.15, 0.2) is 0 Å². The van der Waals surface area contributed by atoms with Gasteiger partial charge in [0.1, 0.15) is 30.5 Å². The minimum Gasteiger partial charge on any atom is -0.366 e. The number of hydrogen-bond donors (Lipinski definition) is 1. The van der Waals surface area contributed by atoms with Gasteiger partial charge in [-0.25, -0.2) is 13.8 Å². The highest BCUT2D eigenvalue weighted by molar-refractivity contribution is 5.74. The van der Waals surface area contributed by atoms with E-state index >= 15 is 0 Å². The number of aromatic amines is 1. The van der Waals surface area contributed by atoms with Crippen molar-refractivity contribution in [3.8, 4) is 0 Å². The molecule has 1 N–H and O–H groups in total. The average Bonchev–Trinajstić information content (AvgIpc) is 2.89. The molecule has 0 aliphatic carbocycles. The molecule has 0 saturated carbocycles. The first kappa shape index (κ1) is 12.5. The minimum absolute atomic E-state index is 0.204. The summed E-state index contributed by atoms with van der Waals surface area (Å²) in [6, 6.07) is 4.34. The average molecular weight is 267 g/mol. The second-order valence-electron chi connectivity index (χ2n) is 4.93. The van der Waals surface area contributed by atoms with Crippen molar-refractivity contribution >= 4 is 11.0 Å². The van der Waals surface area contributed by atoms with Crippen LogP contribution in [-0.2, 0) is 11.3 Å². The van der Waals surface area contributed by atoms with Gasteiger partial charge in [-0.2, -0.15) is 0 Å². The van der Waals surface area contributed by atoms with E-state index in [-0.39, 0.29) is 12.4 Å². The zero-order chi connectivity index (χ0) is 13.4. The molecule has 1 fully saturated rings. The molecule has 2 unspecified atom stereocenters. The monoisotopic (exact) mass is 267 g/mol. The third-order valence-electron chi connectivity index (χ3n) is 3.31. The van der Waals surface area contributed by atoms with Crippen LogP contribution in [0.1, 0.15) is 5.82 Å². The van der Waals surface area contributed by atoms with Gasteiger partial charge in [0.2, 0.25) is 0 Å². The van der Waals surface area contributed by atoms with E-state index in [1.807, 2.05) is 11.9 Å². The number of H-pyrrole nitrogens is 1. The summed E-state index contributed by atoms with van der Waals surface area (Å²) < 4.78 is 32.1. The van der Waals surface area contributed by atoms with Gasteiger partial charge >= 0.3 is 0 Å². The van der Waals surface area contributed by atoms with E-state index in [9.17, 15) is 8.78 Å². The summed E-state index contributed by atoms with van der Waals surface area (Å²) in [6.07, 6.45) is -1.39. The van der Waals surface area contributed by atoms with E-state index in [1.54, 1.807) is 6.07 Å². The van der Waals surface area contributed by atoms with Crippen LogP contribution in [0, 0.1) is 5.82 Å². The highest BCUT2D eigenvalue weighted by Crippen LogP contribution is 2.18. The normalized spacial score (nSPS) is 24.4. The number of hydrogen-bond acceptors (Lipinski definition) is 3. The van der Waals surface area contributed by atoms with E-state index in [0.29, 0.717) is 29.9 Å². The summed E-state index contributed by atoms with van der Waals surface area (Å²) in [5.41, 5.74) is 1.30. The molecule has 2 aromatic rings. The number of nitrogens with zero attached hydrogens (tertiary/aromatic N) is 2. The molecule has 1 aliphatic rings. The lowest BCUT2D eigenvalue weighted by Crippen LogP contribution is -2.23. The molecule has 19 heavy (non-hydrogen) atoms. The molecule has 6 heteroatoms. The largest absolute Gasteiger partial charge is 0.366 e. The van der Waals surface area contributed by atoms with Crippen molar-refractivity contribution in [1.29, 1.82) is 0 Å². The number of imidazole rings is 1. The maximum Gasteiger partial charge on any atom is 0.140 e. The van der Waals surface area contributed by atoms with Gasteiger partial charge in [-0.15, -0.1) is 0 Å². The van der Waals surface area contributed by atoms with Crippen LogP contribution in [-0.4, -0.2) is 47.3 Å². The molecule has 2 atom stereocenters. The van der Waals surface area contributed by atoms with Crippen LogP contribution >= 0.6 is 0 Å². The molecule has 1 saturated heterocycles. The van der Waals surface area contributed by atoms with Gasteiger partial charge in [-0.05, 0) is 25.2 Å². The molecule has 1 aromatic heterocycles. The molecular weight excluding hydrogens is 252 g/mol. The molecule has 0 bridgehead atoms. The van der Waals surface area contributed by atoms with E-state index in [2.05, 4.69) is 9.97 Å². The first-order valence-electron chi connectivity index (χ1n) is 6.20. The summed E-state index contributed by atoms with van der Waals surface area (Å²) >= 11 is 0. The summed E-state index contributed by atoms with van der Waals surface area (Å²) in [4.78, 5) is 9.14. The maximum atomic E-state index is 13.6. The fourth-order valence-corrected chi connectivity index (χ4v) is 2.36. The molecule has 0 spiro atoms. The molecule has 1 aromatic carbocycles. The maximum absolute atomic E-state index is 13.6. The van der Waals surface area contributed by atoms with E-state index in [4.69, 9.17) is 4.74 Å². The topological polar surface area (TPSA) is 41.1 Å². The van der Waals surface area contributed by atoms with E-state index in [1.165, 1.54) is 12.1 Å². The lowest BCUT2D eigenvalue weighted by Gasteiger charge is -2.12. The van der Waals surface area contributed by atoms with Gasteiger partial charge in [0.05, 0.1) is 11.0 Å². The van der Waals surface area contributed by atoms with Crippen molar-refractivity contribution in [1.82, 2.24) is 14.9 Å². The van der Waals surface area contributed by atoms with Crippen molar-refractivity contribution < 1.29 is 13.5 Å². The van der Waals surface area contributed by atoms with Gasteiger partial charge in [0, 0.05) is 13.1 Å². The Kier molecular flexibility index (Phi) is 3.20. The molecule has 102 valence electrons. The smallest absolute Gasteiger partial charge is 0.140 e. The van der Waals surface area contributed by atoms with Crippen LogP contribution in [0.5, 0.6) is 0 Å².